The second-order valence-corrected chi connectivity index (χ2v) is 13.3. The lowest BCUT2D eigenvalue weighted by Crippen LogP contribution is -2.19. The van der Waals surface area contributed by atoms with E-state index >= 15 is 4.39 Å². The highest BCUT2D eigenvalue weighted by Crippen LogP contribution is 2.65. The first-order valence-electron chi connectivity index (χ1n) is 13.0. The van der Waals surface area contributed by atoms with E-state index in [1.807, 2.05) is 0 Å². The second-order valence-electron chi connectivity index (χ2n) is 10.2. The van der Waals surface area contributed by atoms with Crippen molar-refractivity contribution in [1.82, 2.24) is 0 Å². The normalized spacial score (nSPS) is 16.9. The van der Waals surface area contributed by atoms with Gasteiger partial charge in [0.2, 0.25) is 5.91 Å². The standard InChI is InChI=1S/C30H18Cl3F6N3O3S/c1-12-2-9-21(46-12)27(44)42-25-19(35)7-8-20(24(25)36)41-26(43)15-11-14(4-5-17(15)31)40-28(45)23-22(29(23,32)33)13-3-6-18(34)16(10-13)30(37,38)39/h2-11,22-23H,1H3,(H,40,45)(H,41,43)(H,42,44)/t22-,23+/m0/s1. The molecule has 0 radical (unpaired) electrons. The van der Waals surface area contributed by atoms with E-state index in [0.29, 0.717) is 12.1 Å². The number of hydrogen-bond donors (Lipinski definition) is 3. The summed E-state index contributed by atoms with van der Waals surface area (Å²) in [5, 5.41) is 6.73. The Labute approximate surface area is 275 Å². The summed E-state index contributed by atoms with van der Waals surface area (Å²) >= 11 is 19.8. The number of rotatable bonds is 7. The van der Waals surface area contributed by atoms with Gasteiger partial charge in [-0.05, 0) is 67.1 Å². The van der Waals surface area contributed by atoms with Crippen molar-refractivity contribution in [2.75, 3.05) is 16.0 Å². The van der Waals surface area contributed by atoms with E-state index in [2.05, 4.69) is 16.0 Å². The number of thiophene rings is 1. The van der Waals surface area contributed by atoms with Gasteiger partial charge in [-0.15, -0.1) is 34.5 Å². The molecule has 0 unspecified atom stereocenters. The van der Waals surface area contributed by atoms with Crippen LogP contribution in [0.3, 0.4) is 0 Å². The maximum atomic E-state index is 15.2. The molecule has 1 fully saturated rings. The van der Waals surface area contributed by atoms with E-state index in [1.165, 1.54) is 18.2 Å². The largest absolute Gasteiger partial charge is 0.419 e. The van der Waals surface area contributed by atoms with Crippen molar-refractivity contribution >= 4 is 80.9 Å². The van der Waals surface area contributed by atoms with Crippen LogP contribution in [0.2, 0.25) is 5.02 Å². The van der Waals surface area contributed by atoms with Gasteiger partial charge in [-0.1, -0.05) is 17.7 Å². The average Bonchev–Trinajstić information content (AvgIpc) is 3.29. The van der Waals surface area contributed by atoms with E-state index in [9.17, 15) is 36.3 Å². The van der Waals surface area contributed by atoms with Crippen LogP contribution < -0.4 is 16.0 Å². The molecule has 16 heteroatoms. The number of benzene rings is 3. The molecule has 5 rings (SSSR count). The number of anilines is 3. The molecule has 240 valence electrons. The van der Waals surface area contributed by atoms with Gasteiger partial charge in [0, 0.05) is 16.5 Å². The number of alkyl halides is 5. The van der Waals surface area contributed by atoms with Gasteiger partial charge in [0.25, 0.3) is 11.8 Å². The van der Waals surface area contributed by atoms with E-state index in [0.717, 1.165) is 40.5 Å². The molecule has 0 spiro atoms. The van der Waals surface area contributed by atoms with Crippen LogP contribution in [-0.4, -0.2) is 22.1 Å². The number of hydrogen-bond acceptors (Lipinski definition) is 4. The van der Waals surface area contributed by atoms with E-state index in [4.69, 9.17) is 34.8 Å². The number of nitrogens with one attached hydrogen (secondary N) is 3. The minimum absolute atomic E-state index is 0.0109. The van der Waals surface area contributed by atoms with Crippen LogP contribution in [0.4, 0.5) is 43.4 Å². The molecule has 0 aliphatic heterocycles. The predicted octanol–water partition coefficient (Wildman–Crippen LogP) is 9.18. The summed E-state index contributed by atoms with van der Waals surface area (Å²) in [7, 11) is 0. The molecule has 46 heavy (non-hydrogen) atoms. The summed E-state index contributed by atoms with van der Waals surface area (Å²) in [5.74, 6) is -8.81. The second kappa shape index (κ2) is 12.4. The van der Waals surface area contributed by atoms with Gasteiger partial charge in [-0.3, -0.25) is 14.4 Å². The zero-order chi connectivity index (χ0) is 33.7. The zero-order valence-electron chi connectivity index (χ0n) is 23.0. The quantitative estimate of drug-likeness (QED) is 0.132. The molecule has 1 saturated carbocycles. The summed E-state index contributed by atoms with van der Waals surface area (Å²) in [6.07, 6.45) is -5.00. The molecule has 1 aliphatic rings. The molecule has 0 saturated heterocycles. The van der Waals surface area contributed by atoms with Gasteiger partial charge in [-0.2, -0.15) is 13.2 Å². The molecule has 2 atom stereocenters. The van der Waals surface area contributed by atoms with Gasteiger partial charge in [0.1, 0.15) is 21.7 Å². The Kier molecular flexibility index (Phi) is 9.08. The highest BCUT2D eigenvalue weighted by molar-refractivity contribution is 7.14. The fourth-order valence-corrected chi connectivity index (χ4v) is 6.50. The first kappa shape index (κ1) is 33.6. The lowest BCUT2D eigenvalue weighted by Gasteiger charge is -2.13. The van der Waals surface area contributed by atoms with E-state index in [1.54, 1.807) is 13.0 Å². The van der Waals surface area contributed by atoms with Crippen LogP contribution in [0.5, 0.6) is 0 Å². The third-order valence-corrected chi connectivity index (χ3v) is 9.28. The number of halogens is 9. The van der Waals surface area contributed by atoms with Crippen molar-refractivity contribution in [3.63, 3.8) is 0 Å². The van der Waals surface area contributed by atoms with Crippen LogP contribution in [0.25, 0.3) is 0 Å². The van der Waals surface area contributed by atoms with Gasteiger partial charge >= 0.3 is 6.18 Å². The summed E-state index contributed by atoms with van der Waals surface area (Å²) in [4.78, 5) is 39.6. The molecule has 3 N–H and O–H groups in total. The topological polar surface area (TPSA) is 87.3 Å². The van der Waals surface area contributed by atoms with Gasteiger partial charge in [0.05, 0.1) is 32.6 Å². The Balaban J connectivity index is 1.32. The fraction of sp³-hybridized carbons (Fsp3) is 0.167. The maximum Gasteiger partial charge on any atom is 0.419 e. The number of amides is 3. The van der Waals surface area contributed by atoms with Gasteiger partial charge in [0.15, 0.2) is 5.82 Å². The molecule has 1 aliphatic carbocycles. The monoisotopic (exact) mass is 719 g/mol. The highest BCUT2D eigenvalue weighted by Gasteiger charge is 2.67. The van der Waals surface area contributed by atoms with E-state index < -0.39 is 74.5 Å². The van der Waals surface area contributed by atoms with Crippen LogP contribution in [0.15, 0.2) is 60.7 Å². The summed E-state index contributed by atoms with van der Waals surface area (Å²) < 4.78 is 81.3. The third-order valence-electron chi connectivity index (χ3n) is 7.01. The van der Waals surface area contributed by atoms with Crippen molar-refractivity contribution in [2.45, 2.75) is 23.4 Å². The lowest BCUT2D eigenvalue weighted by molar-refractivity contribution is -0.140. The van der Waals surface area contributed by atoms with Crippen LogP contribution >= 0.6 is 46.1 Å². The van der Waals surface area contributed by atoms with Crippen molar-refractivity contribution in [3.8, 4) is 0 Å². The number of carbonyl (C=O) groups is 3. The first-order chi connectivity index (χ1) is 21.5. The Morgan fingerprint density at radius 1 is 0.848 bits per heavy atom. The lowest BCUT2D eigenvalue weighted by atomic mass is 10.0. The Morgan fingerprint density at radius 2 is 1.54 bits per heavy atom. The molecular weight excluding hydrogens is 703 g/mol. The predicted molar refractivity (Wildman–Crippen MR) is 163 cm³/mol. The fourth-order valence-electron chi connectivity index (χ4n) is 4.70. The van der Waals surface area contributed by atoms with E-state index in [-0.39, 0.29) is 26.7 Å². The van der Waals surface area contributed by atoms with Crippen molar-refractivity contribution in [2.24, 2.45) is 5.92 Å². The molecule has 1 heterocycles. The molecule has 1 aromatic heterocycles. The molecule has 4 aromatic rings. The van der Waals surface area contributed by atoms with Crippen molar-refractivity contribution < 1.29 is 40.7 Å². The Bertz CT molecular complexity index is 1900. The van der Waals surface area contributed by atoms with Crippen LogP contribution in [0, 0.1) is 30.3 Å². The smallest absolute Gasteiger partial charge is 0.326 e. The van der Waals surface area contributed by atoms with Gasteiger partial charge in [-0.25, -0.2) is 13.2 Å². The number of carbonyl (C=O) groups excluding carboxylic acids is 3. The van der Waals surface area contributed by atoms with Gasteiger partial charge < -0.3 is 16.0 Å². The first-order valence-corrected chi connectivity index (χ1v) is 15.0. The number of aryl methyl sites for hydroxylation is 1. The summed E-state index contributed by atoms with van der Waals surface area (Å²) in [5.41, 5.74) is -3.22. The maximum absolute atomic E-state index is 15.2. The SMILES string of the molecule is Cc1ccc(C(=O)Nc2c(F)ccc(NC(=O)c3cc(NC(=O)[C@H]4[C@H](c5ccc(F)c(C(F)(F)F)c5)C4(Cl)Cl)ccc3Cl)c2F)s1. The molecule has 0 bridgehead atoms. The summed E-state index contributed by atoms with van der Waals surface area (Å²) in [6.45, 7) is 1.75. The van der Waals surface area contributed by atoms with Crippen LogP contribution in [-0.2, 0) is 11.0 Å². The summed E-state index contributed by atoms with van der Waals surface area (Å²) in [6, 6.07) is 10.8. The molecular formula is C30H18Cl3F6N3O3S. The van der Waals surface area contributed by atoms with Crippen molar-refractivity contribution in [1.29, 1.82) is 0 Å². The Hall–Kier alpha value is -3.78. The van der Waals surface area contributed by atoms with Crippen molar-refractivity contribution in [3.05, 3.63) is 110 Å². The zero-order valence-corrected chi connectivity index (χ0v) is 26.0. The molecule has 6 nitrogen and oxygen atoms in total. The molecule has 3 amide bonds. The molecule has 3 aromatic carbocycles. The highest BCUT2D eigenvalue weighted by atomic mass is 35.5. The van der Waals surface area contributed by atoms with Crippen LogP contribution in [0.1, 0.15) is 42.0 Å². The Morgan fingerprint density at radius 3 is 2.20 bits per heavy atom. The average molecular weight is 721 g/mol. The minimum atomic E-state index is -5.00. The minimum Gasteiger partial charge on any atom is -0.326 e. The third kappa shape index (κ3) is 6.68.